The minimum absolute atomic E-state index is 0.192. The van der Waals surface area contributed by atoms with Crippen molar-refractivity contribution in [3.05, 3.63) is 29.3 Å². The number of carbonyl (C=O) groups excluding carboxylic acids is 1. The molecule has 0 unspecified atom stereocenters. The van der Waals surface area contributed by atoms with Gasteiger partial charge in [0.1, 0.15) is 0 Å². The van der Waals surface area contributed by atoms with Gasteiger partial charge in [-0.15, -0.1) is 0 Å². The van der Waals surface area contributed by atoms with E-state index in [1.165, 1.54) is 55.7 Å². The third-order valence-corrected chi connectivity index (χ3v) is 6.76. The van der Waals surface area contributed by atoms with Crippen molar-refractivity contribution in [2.75, 3.05) is 51.3 Å². The highest BCUT2D eigenvalue weighted by Gasteiger charge is 2.24. The highest BCUT2D eigenvalue weighted by molar-refractivity contribution is 5.76. The highest BCUT2D eigenvalue weighted by Crippen LogP contribution is 2.27. The molecule has 1 aliphatic heterocycles. The van der Waals surface area contributed by atoms with Crippen LogP contribution in [0.5, 0.6) is 0 Å². The molecule has 0 aromatic heterocycles. The second-order valence-electron chi connectivity index (χ2n) is 9.34. The van der Waals surface area contributed by atoms with Gasteiger partial charge in [0.25, 0.3) is 0 Å². The van der Waals surface area contributed by atoms with Crippen LogP contribution in [0.4, 0.5) is 5.69 Å². The summed E-state index contributed by atoms with van der Waals surface area (Å²) in [6, 6.07) is 7.27. The van der Waals surface area contributed by atoms with E-state index in [-0.39, 0.29) is 5.91 Å². The fourth-order valence-corrected chi connectivity index (χ4v) is 5.00. The normalized spacial score (nSPS) is 22.8. The van der Waals surface area contributed by atoms with Gasteiger partial charge < -0.3 is 15.0 Å². The minimum Gasteiger partial charge on any atom is -0.385 e. The summed E-state index contributed by atoms with van der Waals surface area (Å²) in [7, 11) is 1.68. The van der Waals surface area contributed by atoms with Crippen LogP contribution in [0.2, 0.25) is 0 Å². The van der Waals surface area contributed by atoms with Crippen molar-refractivity contribution in [3.8, 4) is 0 Å². The Morgan fingerprint density at radius 1 is 1.03 bits per heavy atom. The summed E-state index contributed by atoms with van der Waals surface area (Å²) in [5.41, 5.74) is 4.10. The lowest BCUT2D eigenvalue weighted by Crippen LogP contribution is -2.47. The highest BCUT2D eigenvalue weighted by atomic mass is 16.5. The van der Waals surface area contributed by atoms with Gasteiger partial charge in [0.05, 0.1) is 0 Å². The Morgan fingerprint density at radius 2 is 1.70 bits per heavy atom. The smallest absolute Gasteiger partial charge is 0.220 e. The van der Waals surface area contributed by atoms with E-state index in [0.717, 1.165) is 38.3 Å². The zero-order chi connectivity index (χ0) is 21.3. The molecule has 2 fully saturated rings. The molecule has 5 heteroatoms. The number of hydrogen-bond donors (Lipinski definition) is 1. The number of nitrogens with zero attached hydrogens (tertiary/aromatic N) is 2. The van der Waals surface area contributed by atoms with Crippen LogP contribution in [0.3, 0.4) is 0 Å². The van der Waals surface area contributed by atoms with Gasteiger partial charge >= 0.3 is 0 Å². The number of anilines is 1. The number of methoxy groups -OCH3 is 1. The number of aryl methyl sites for hydroxylation is 2. The molecule has 0 atom stereocenters. The number of benzene rings is 1. The number of amides is 1. The number of hydrogen-bond acceptors (Lipinski definition) is 4. The minimum atomic E-state index is 0.192. The number of carbonyl (C=O) groups is 1. The van der Waals surface area contributed by atoms with Crippen LogP contribution in [0.1, 0.15) is 56.1 Å². The quantitative estimate of drug-likeness (QED) is 0.621. The summed E-state index contributed by atoms with van der Waals surface area (Å²) >= 11 is 0. The molecule has 0 radical (unpaired) electrons. The van der Waals surface area contributed by atoms with Gasteiger partial charge in [-0.1, -0.05) is 6.07 Å². The molecule has 1 amide bonds. The maximum absolute atomic E-state index is 12.0. The third kappa shape index (κ3) is 7.28. The molecule has 2 aliphatic rings. The van der Waals surface area contributed by atoms with Crippen LogP contribution >= 0.6 is 0 Å². The van der Waals surface area contributed by atoms with Gasteiger partial charge in [-0.2, -0.15) is 0 Å². The number of rotatable bonds is 9. The monoisotopic (exact) mass is 415 g/mol. The lowest BCUT2D eigenvalue weighted by Gasteiger charge is -2.37. The number of piperazine rings is 1. The molecule has 1 aliphatic carbocycles. The fraction of sp³-hybridized carbons (Fsp3) is 0.720. The fourth-order valence-electron chi connectivity index (χ4n) is 5.00. The molecular weight excluding hydrogens is 374 g/mol. The lowest BCUT2D eigenvalue weighted by molar-refractivity contribution is -0.122. The SMILES string of the molecule is COCCCC(=O)NC1CCC(CCN2CCN(c3cc(C)cc(C)c3)CC2)CC1. The third-order valence-electron chi connectivity index (χ3n) is 6.76. The van der Waals surface area contributed by atoms with Gasteiger partial charge in [0.15, 0.2) is 0 Å². The molecule has 0 bridgehead atoms. The maximum atomic E-state index is 12.0. The molecule has 1 aromatic carbocycles. The summed E-state index contributed by atoms with van der Waals surface area (Å²) in [6.45, 7) is 10.9. The van der Waals surface area contributed by atoms with Crippen LogP contribution in [0.15, 0.2) is 18.2 Å². The van der Waals surface area contributed by atoms with E-state index in [9.17, 15) is 4.79 Å². The Hall–Kier alpha value is -1.59. The Morgan fingerprint density at radius 3 is 2.33 bits per heavy atom. The molecular formula is C25H41N3O2. The zero-order valence-electron chi connectivity index (χ0n) is 19.3. The van der Waals surface area contributed by atoms with Crippen molar-refractivity contribution in [2.24, 2.45) is 5.92 Å². The topological polar surface area (TPSA) is 44.8 Å². The molecule has 1 saturated carbocycles. The summed E-state index contributed by atoms with van der Waals surface area (Å²) in [4.78, 5) is 17.2. The first-order chi connectivity index (χ1) is 14.5. The Kier molecular flexibility index (Phi) is 9.01. The molecule has 168 valence electrons. The van der Waals surface area contributed by atoms with E-state index in [2.05, 4.69) is 47.2 Å². The van der Waals surface area contributed by atoms with E-state index in [4.69, 9.17) is 4.74 Å². The predicted molar refractivity (Wildman–Crippen MR) is 124 cm³/mol. The number of nitrogens with one attached hydrogen (secondary N) is 1. The summed E-state index contributed by atoms with van der Waals surface area (Å²) in [5.74, 6) is 1.02. The maximum Gasteiger partial charge on any atom is 0.220 e. The second kappa shape index (κ2) is 11.7. The molecule has 0 spiro atoms. The average molecular weight is 416 g/mol. The van der Waals surface area contributed by atoms with Crippen LogP contribution in [0.25, 0.3) is 0 Å². The second-order valence-corrected chi connectivity index (χ2v) is 9.34. The average Bonchev–Trinajstić information content (AvgIpc) is 2.73. The van der Waals surface area contributed by atoms with E-state index < -0.39 is 0 Å². The van der Waals surface area contributed by atoms with Crippen LogP contribution in [-0.4, -0.2) is 63.3 Å². The van der Waals surface area contributed by atoms with Crippen LogP contribution in [-0.2, 0) is 9.53 Å². The molecule has 30 heavy (non-hydrogen) atoms. The van der Waals surface area contributed by atoms with E-state index in [1.807, 2.05) is 0 Å². The van der Waals surface area contributed by atoms with Crippen LogP contribution in [0, 0.1) is 19.8 Å². The predicted octanol–water partition coefficient (Wildman–Crippen LogP) is 3.92. The first kappa shape index (κ1) is 23.1. The van der Waals surface area contributed by atoms with Crippen molar-refractivity contribution in [1.82, 2.24) is 10.2 Å². The van der Waals surface area contributed by atoms with E-state index >= 15 is 0 Å². The van der Waals surface area contributed by atoms with Crippen molar-refractivity contribution in [3.63, 3.8) is 0 Å². The molecule has 1 N–H and O–H groups in total. The molecule has 1 saturated heterocycles. The molecule has 1 heterocycles. The summed E-state index contributed by atoms with van der Waals surface area (Å²) in [5, 5.41) is 3.22. The Labute approximate surface area is 183 Å². The standard InChI is InChI=1S/C25H41N3O2/c1-20-17-21(2)19-24(18-20)28-14-12-27(13-15-28)11-10-22-6-8-23(9-7-22)26-25(29)5-4-16-30-3/h17-19,22-23H,4-16H2,1-3H3,(H,26,29). The zero-order valence-corrected chi connectivity index (χ0v) is 19.3. The van der Waals surface area contributed by atoms with Gasteiger partial charge in [-0.05, 0) is 88.1 Å². The summed E-state index contributed by atoms with van der Waals surface area (Å²) in [6.07, 6.45) is 7.49. The Balaban J connectivity index is 1.31. The van der Waals surface area contributed by atoms with Crippen molar-refractivity contribution in [2.45, 2.75) is 64.8 Å². The van der Waals surface area contributed by atoms with Gasteiger partial charge in [0, 0.05) is 58.0 Å². The summed E-state index contributed by atoms with van der Waals surface area (Å²) < 4.78 is 5.02. The van der Waals surface area contributed by atoms with Crippen molar-refractivity contribution in [1.29, 1.82) is 0 Å². The van der Waals surface area contributed by atoms with Crippen molar-refractivity contribution >= 4 is 11.6 Å². The van der Waals surface area contributed by atoms with Crippen LogP contribution < -0.4 is 10.2 Å². The van der Waals surface area contributed by atoms with Gasteiger partial charge in [0.2, 0.25) is 5.91 Å². The van der Waals surface area contributed by atoms with E-state index in [1.54, 1.807) is 7.11 Å². The lowest BCUT2D eigenvalue weighted by atomic mass is 9.84. The molecule has 5 nitrogen and oxygen atoms in total. The molecule has 1 aromatic rings. The van der Waals surface area contributed by atoms with Gasteiger partial charge in [-0.3, -0.25) is 9.69 Å². The Bertz CT molecular complexity index is 642. The van der Waals surface area contributed by atoms with Crippen molar-refractivity contribution < 1.29 is 9.53 Å². The first-order valence-corrected chi connectivity index (χ1v) is 11.9. The van der Waals surface area contributed by atoms with Gasteiger partial charge in [-0.25, -0.2) is 0 Å². The van der Waals surface area contributed by atoms with E-state index in [0.29, 0.717) is 19.1 Å². The number of ether oxygens (including phenoxy) is 1. The molecule has 3 rings (SSSR count). The first-order valence-electron chi connectivity index (χ1n) is 11.9. The largest absolute Gasteiger partial charge is 0.385 e.